The molecule has 3 aliphatic rings. The lowest BCUT2D eigenvalue weighted by Gasteiger charge is -2.37. The van der Waals surface area contributed by atoms with Gasteiger partial charge in [-0.2, -0.15) is 0 Å². The number of amides is 2. The molecule has 2 aromatic rings. The molecule has 2 aliphatic heterocycles. The van der Waals surface area contributed by atoms with Gasteiger partial charge in [0.25, 0.3) is 11.8 Å². The second-order valence-electron chi connectivity index (χ2n) is 9.49. The molecule has 3 heterocycles. The van der Waals surface area contributed by atoms with Crippen LogP contribution in [0.2, 0.25) is 0 Å². The summed E-state index contributed by atoms with van der Waals surface area (Å²) in [5, 5.41) is 0. The number of hydrogen-bond acceptors (Lipinski definition) is 5. The maximum atomic E-state index is 13.1. The van der Waals surface area contributed by atoms with Crippen LogP contribution < -0.4 is 0 Å². The first-order valence-electron chi connectivity index (χ1n) is 12.7. The topological polar surface area (TPSA) is 60.0 Å². The average molecular weight is 490 g/mol. The normalized spacial score (nSPS) is 18.8. The number of piperazine rings is 2. The van der Waals surface area contributed by atoms with Crippen LogP contribution in [-0.4, -0.2) is 88.8 Å². The summed E-state index contributed by atoms with van der Waals surface area (Å²) in [4.78, 5) is 38.9. The Morgan fingerprint density at radius 1 is 0.778 bits per heavy atom. The molecular formula is C28H32FN5O2. The number of benzene rings is 1. The van der Waals surface area contributed by atoms with Crippen LogP contribution in [0.15, 0.2) is 66.4 Å². The van der Waals surface area contributed by atoms with Crippen LogP contribution in [0.3, 0.4) is 0 Å². The van der Waals surface area contributed by atoms with E-state index in [4.69, 9.17) is 0 Å². The van der Waals surface area contributed by atoms with E-state index in [1.807, 2.05) is 4.90 Å². The molecule has 0 spiro atoms. The van der Waals surface area contributed by atoms with Gasteiger partial charge in [0.2, 0.25) is 0 Å². The Balaban J connectivity index is 1.15. The molecule has 0 bridgehead atoms. The van der Waals surface area contributed by atoms with Crippen molar-refractivity contribution >= 4 is 11.8 Å². The molecule has 36 heavy (non-hydrogen) atoms. The number of rotatable bonds is 5. The minimum absolute atomic E-state index is 0.124. The Labute approximate surface area is 211 Å². The zero-order chi connectivity index (χ0) is 24.9. The van der Waals surface area contributed by atoms with Crippen molar-refractivity contribution in [3.05, 3.63) is 89.2 Å². The predicted molar refractivity (Wildman–Crippen MR) is 136 cm³/mol. The van der Waals surface area contributed by atoms with E-state index >= 15 is 0 Å². The van der Waals surface area contributed by atoms with Crippen molar-refractivity contribution in [1.29, 1.82) is 0 Å². The van der Waals surface area contributed by atoms with Gasteiger partial charge in [0.15, 0.2) is 0 Å². The SMILES string of the molecule is O=C(c1cccc(C(=O)N2CCN(C3=CCCC=C3)CC2)n1)N1CCN(Cc2ccc(F)cc2)CC1. The van der Waals surface area contributed by atoms with Gasteiger partial charge in [-0.1, -0.05) is 30.4 Å². The molecule has 7 nitrogen and oxygen atoms in total. The predicted octanol–water partition coefficient (Wildman–Crippen LogP) is 3.17. The van der Waals surface area contributed by atoms with Crippen molar-refractivity contribution in [2.75, 3.05) is 52.4 Å². The number of nitrogens with zero attached hydrogens (tertiary/aromatic N) is 5. The maximum absolute atomic E-state index is 13.1. The fourth-order valence-electron chi connectivity index (χ4n) is 4.96. The number of carbonyl (C=O) groups is 2. The van der Waals surface area contributed by atoms with Gasteiger partial charge in [0.1, 0.15) is 17.2 Å². The van der Waals surface area contributed by atoms with E-state index in [2.05, 4.69) is 33.0 Å². The van der Waals surface area contributed by atoms with Gasteiger partial charge < -0.3 is 14.7 Å². The highest BCUT2D eigenvalue weighted by molar-refractivity contribution is 5.96. The Morgan fingerprint density at radius 3 is 1.97 bits per heavy atom. The first kappa shape index (κ1) is 24.2. The highest BCUT2D eigenvalue weighted by Crippen LogP contribution is 2.18. The van der Waals surface area contributed by atoms with Gasteiger partial charge in [0.05, 0.1) is 0 Å². The molecule has 0 N–H and O–H groups in total. The smallest absolute Gasteiger partial charge is 0.272 e. The monoisotopic (exact) mass is 489 g/mol. The lowest BCUT2D eigenvalue weighted by molar-refractivity contribution is 0.0621. The van der Waals surface area contributed by atoms with E-state index in [9.17, 15) is 14.0 Å². The largest absolute Gasteiger partial charge is 0.368 e. The fraction of sp³-hybridized carbons (Fsp3) is 0.393. The number of hydrogen-bond donors (Lipinski definition) is 0. The zero-order valence-electron chi connectivity index (χ0n) is 20.5. The van der Waals surface area contributed by atoms with E-state index in [0.717, 1.165) is 51.1 Å². The second-order valence-corrected chi connectivity index (χ2v) is 9.49. The van der Waals surface area contributed by atoms with E-state index in [0.29, 0.717) is 37.6 Å². The van der Waals surface area contributed by atoms with Gasteiger partial charge >= 0.3 is 0 Å². The molecule has 8 heteroatoms. The van der Waals surface area contributed by atoms with Crippen LogP contribution in [-0.2, 0) is 6.54 Å². The van der Waals surface area contributed by atoms with E-state index in [-0.39, 0.29) is 17.6 Å². The Kier molecular flexibility index (Phi) is 7.41. The molecule has 0 saturated carbocycles. The molecule has 0 unspecified atom stereocenters. The van der Waals surface area contributed by atoms with Gasteiger partial charge in [-0.15, -0.1) is 0 Å². The van der Waals surface area contributed by atoms with Crippen LogP contribution in [0.4, 0.5) is 4.39 Å². The van der Waals surface area contributed by atoms with Gasteiger partial charge in [0, 0.05) is 64.6 Å². The standard InChI is InChI=1S/C28H32FN5O2/c29-23-11-9-22(10-12-23)21-31-13-15-33(16-14-31)27(35)25-7-4-8-26(30-25)28(36)34-19-17-32(18-20-34)24-5-2-1-3-6-24/h2,4-12H,1,3,13-21H2. The summed E-state index contributed by atoms with van der Waals surface area (Å²) < 4.78 is 13.1. The van der Waals surface area contributed by atoms with Crippen molar-refractivity contribution in [2.24, 2.45) is 0 Å². The van der Waals surface area contributed by atoms with E-state index in [1.165, 1.54) is 17.8 Å². The second kappa shape index (κ2) is 11.0. The molecule has 2 saturated heterocycles. The maximum Gasteiger partial charge on any atom is 0.272 e. The Hall–Kier alpha value is -3.52. The molecule has 2 amide bonds. The summed E-state index contributed by atoms with van der Waals surface area (Å²) >= 11 is 0. The molecule has 1 aromatic carbocycles. The van der Waals surface area contributed by atoms with Crippen molar-refractivity contribution < 1.29 is 14.0 Å². The van der Waals surface area contributed by atoms with E-state index in [1.54, 1.807) is 35.2 Å². The number of carbonyl (C=O) groups excluding carboxylic acids is 2. The third-order valence-corrected chi connectivity index (χ3v) is 7.07. The number of halogens is 1. The summed E-state index contributed by atoms with van der Waals surface area (Å²) in [5.74, 6) is -0.507. The molecule has 5 rings (SSSR count). The van der Waals surface area contributed by atoms with Crippen molar-refractivity contribution in [2.45, 2.75) is 19.4 Å². The van der Waals surface area contributed by atoms with Gasteiger partial charge in [-0.05, 0) is 48.7 Å². The van der Waals surface area contributed by atoms with Crippen LogP contribution >= 0.6 is 0 Å². The van der Waals surface area contributed by atoms with E-state index < -0.39 is 0 Å². The lowest BCUT2D eigenvalue weighted by atomic mass is 10.1. The Morgan fingerprint density at radius 2 is 1.39 bits per heavy atom. The first-order valence-corrected chi connectivity index (χ1v) is 12.7. The molecule has 1 aliphatic carbocycles. The van der Waals surface area contributed by atoms with Crippen molar-refractivity contribution in [3.63, 3.8) is 0 Å². The zero-order valence-corrected chi connectivity index (χ0v) is 20.5. The minimum atomic E-state index is -0.237. The third kappa shape index (κ3) is 5.65. The van der Waals surface area contributed by atoms with Crippen LogP contribution in [0.25, 0.3) is 0 Å². The fourth-order valence-corrected chi connectivity index (χ4v) is 4.96. The van der Waals surface area contributed by atoms with Crippen LogP contribution in [0, 0.1) is 5.82 Å². The van der Waals surface area contributed by atoms with Crippen molar-refractivity contribution in [1.82, 2.24) is 24.6 Å². The number of pyridine rings is 1. The summed E-state index contributed by atoms with van der Waals surface area (Å²) in [6, 6.07) is 11.7. The van der Waals surface area contributed by atoms with Gasteiger partial charge in [-0.25, -0.2) is 9.37 Å². The minimum Gasteiger partial charge on any atom is -0.368 e. The average Bonchev–Trinajstić information content (AvgIpc) is 2.94. The summed E-state index contributed by atoms with van der Waals surface area (Å²) in [6.07, 6.45) is 8.79. The molecular weight excluding hydrogens is 457 g/mol. The summed E-state index contributed by atoms with van der Waals surface area (Å²) in [6.45, 7) is 6.24. The molecule has 1 aromatic heterocycles. The number of allylic oxidation sites excluding steroid dienone is 3. The summed E-state index contributed by atoms with van der Waals surface area (Å²) in [7, 11) is 0. The first-order chi connectivity index (χ1) is 17.6. The highest BCUT2D eigenvalue weighted by Gasteiger charge is 2.26. The summed E-state index contributed by atoms with van der Waals surface area (Å²) in [5.41, 5.74) is 2.93. The number of aromatic nitrogens is 1. The van der Waals surface area contributed by atoms with Gasteiger partial charge in [-0.3, -0.25) is 14.5 Å². The molecule has 188 valence electrons. The lowest BCUT2D eigenvalue weighted by Crippen LogP contribution is -2.49. The van der Waals surface area contributed by atoms with Crippen LogP contribution in [0.5, 0.6) is 0 Å². The molecule has 2 fully saturated rings. The molecule has 0 radical (unpaired) electrons. The van der Waals surface area contributed by atoms with Crippen LogP contribution in [0.1, 0.15) is 39.4 Å². The quantitative estimate of drug-likeness (QED) is 0.646. The highest BCUT2D eigenvalue weighted by atomic mass is 19.1. The Bertz CT molecular complexity index is 1150. The molecule has 0 atom stereocenters. The van der Waals surface area contributed by atoms with Crippen molar-refractivity contribution in [3.8, 4) is 0 Å². The third-order valence-electron chi connectivity index (χ3n) is 7.07.